The van der Waals surface area contributed by atoms with Gasteiger partial charge in [-0.3, -0.25) is 4.90 Å². The number of nitrogens with zero attached hydrogens (tertiary/aromatic N) is 1. The van der Waals surface area contributed by atoms with Crippen LogP contribution in [0.2, 0.25) is 0 Å². The summed E-state index contributed by atoms with van der Waals surface area (Å²) in [7, 11) is 1.73. The largest absolute Gasteiger partial charge is 0.496 e. The second-order valence-corrected chi connectivity index (χ2v) is 5.96. The molecule has 0 radical (unpaired) electrons. The molecule has 0 aromatic heterocycles. The number of methoxy groups -OCH3 is 1. The van der Waals surface area contributed by atoms with Gasteiger partial charge in [-0.25, -0.2) is 0 Å². The molecule has 2 rings (SSSR count). The molecule has 3 nitrogen and oxygen atoms in total. The molecule has 1 aromatic carbocycles. The fourth-order valence-electron chi connectivity index (χ4n) is 2.40. The molecule has 1 aromatic rings. The fraction of sp³-hybridized carbons (Fsp3) is 0.625. The highest BCUT2D eigenvalue weighted by Gasteiger charge is 2.29. The van der Waals surface area contributed by atoms with Crippen LogP contribution in [0.15, 0.2) is 18.2 Å². The highest BCUT2D eigenvalue weighted by molar-refractivity contribution is 5.47. The summed E-state index contributed by atoms with van der Waals surface area (Å²) < 4.78 is 5.44. The zero-order valence-corrected chi connectivity index (χ0v) is 12.4. The van der Waals surface area contributed by atoms with Gasteiger partial charge in [0.15, 0.2) is 0 Å². The predicted octanol–water partition coefficient (Wildman–Crippen LogP) is 3.29. The van der Waals surface area contributed by atoms with Crippen LogP contribution < -0.4 is 10.5 Å². The van der Waals surface area contributed by atoms with Gasteiger partial charge < -0.3 is 10.5 Å². The van der Waals surface area contributed by atoms with Crippen molar-refractivity contribution in [3.05, 3.63) is 23.8 Å². The molecular weight excluding hydrogens is 236 g/mol. The first-order valence-electron chi connectivity index (χ1n) is 7.26. The van der Waals surface area contributed by atoms with E-state index in [0.717, 1.165) is 29.9 Å². The Bertz CT molecular complexity index is 413. The summed E-state index contributed by atoms with van der Waals surface area (Å²) >= 11 is 0. The number of benzene rings is 1. The van der Waals surface area contributed by atoms with Crippen molar-refractivity contribution in [2.45, 2.75) is 45.7 Å². The van der Waals surface area contributed by atoms with Crippen LogP contribution in [0, 0.1) is 5.92 Å². The number of nitrogen functional groups attached to an aromatic ring is 1. The van der Waals surface area contributed by atoms with Gasteiger partial charge in [-0.05, 0) is 49.9 Å². The van der Waals surface area contributed by atoms with Gasteiger partial charge >= 0.3 is 0 Å². The van der Waals surface area contributed by atoms with Crippen LogP contribution in [0.1, 0.15) is 38.7 Å². The minimum absolute atomic E-state index is 0.754. The lowest BCUT2D eigenvalue weighted by atomic mass is 10.1. The summed E-state index contributed by atoms with van der Waals surface area (Å²) in [5, 5.41) is 0. The maximum absolute atomic E-state index is 5.90. The van der Waals surface area contributed by atoms with E-state index < -0.39 is 0 Å². The molecule has 19 heavy (non-hydrogen) atoms. The first-order chi connectivity index (χ1) is 9.10. The summed E-state index contributed by atoms with van der Waals surface area (Å²) in [6.45, 7) is 6.68. The van der Waals surface area contributed by atoms with Gasteiger partial charge in [-0.2, -0.15) is 0 Å². The van der Waals surface area contributed by atoms with Crippen LogP contribution in [0.3, 0.4) is 0 Å². The standard InChI is InChI=1S/C16H26N2O/c1-12(2)8-9-18(15-5-6-15)11-13-10-14(17)4-7-16(13)19-3/h4,7,10,12,15H,5-6,8-9,11,17H2,1-3H3. The van der Waals surface area contributed by atoms with E-state index in [9.17, 15) is 0 Å². The summed E-state index contributed by atoms with van der Waals surface area (Å²) in [5.74, 6) is 1.70. The Kier molecular flexibility index (Phi) is 4.70. The van der Waals surface area contributed by atoms with Crippen molar-refractivity contribution in [3.63, 3.8) is 0 Å². The van der Waals surface area contributed by atoms with Crippen LogP contribution in [0.4, 0.5) is 5.69 Å². The van der Waals surface area contributed by atoms with Gasteiger partial charge in [0.1, 0.15) is 5.75 Å². The Morgan fingerprint density at radius 3 is 2.68 bits per heavy atom. The Balaban J connectivity index is 2.05. The molecule has 0 atom stereocenters. The van der Waals surface area contributed by atoms with Crippen LogP contribution in [0.5, 0.6) is 5.75 Å². The molecule has 106 valence electrons. The van der Waals surface area contributed by atoms with E-state index in [-0.39, 0.29) is 0 Å². The van der Waals surface area contributed by atoms with Gasteiger partial charge in [0, 0.05) is 23.8 Å². The molecular formula is C16H26N2O. The molecule has 3 heteroatoms. The van der Waals surface area contributed by atoms with Crippen molar-refractivity contribution in [3.8, 4) is 5.75 Å². The molecule has 1 fully saturated rings. The van der Waals surface area contributed by atoms with Crippen LogP contribution >= 0.6 is 0 Å². The van der Waals surface area contributed by atoms with E-state index in [1.807, 2.05) is 18.2 Å². The number of nitrogens with two attached hydrogens (primary N) is 1. The first kappa shape index (κ1) is 14.2. The average molecular weight is 262 g/mol. The Morgan fingerprint density at radius 2 is 2.11 bits per heavy atom. The van der Waals surface area contributed by atoms with Crippen LogP contribution in [-0.4, -0.2) is 24.6 Å². The normalized spacial score (nSPS) is 15.2. The summed E-state index contributed by atoms with van der Waals surface area (Å²) in [4.78, 5) is 2.58. The summed E-state index contributed by atoms with van der Waals surface area (Å²) in [6.07, 6.45) is 3.92. The van der Waals surface area contributed by atoms with E-state index in [0.29, 0.717) is 0 Å². The van der Waals surface area contributed by atoms with Crippen LogP contribution in [-0.2, 0) is 6.54 Å². The molecule has 0 spiro atoms. The monoisotopic (exact) mass is 262 g/mol. The van der Waals surface area contributed by atoms with Crippen molar-refractivity contribution in [1.82, 2.24) is 4.90 Å². The zero-order valence-electron chi connectivity index (χ0n) is 12.4. The average Bonchev–Trinajstić information content (AvgIpc) is 3.18. The quantitative estimate of drug-likeness (QED) is 0.766. The maximum atomic E-state index is 5.90. The molecule has 0 aliphatic heterocycles. The molecule has 0 heterocycles. The van der Waals surface area contributed by atoms with E-state index in [1.165, 1.54) is 31.4 Å². The number of hydrogen-bond acceptors (Lipinski definition) is 3. The Morgan fingerprint density at radius 1 is 1.37 bits per heavy atom. The highest BCUT2D eigenvalue weighted by atomic mass is 16.5. The molecule has 1 aliphatic carbocycles. The van der Waals surface area contributed by atoms with Crippen LogP contribution in [0.25, 0.3) is 0 Å². The lowest BCUT2D eigenvalue weighted by molar-refractivity contribution is 0.236. The van der Waals surface area contributed by atoms with Crippen molar-refractivity contribution in [2.75, 3.05) is 19.4 Å². The smallest absolute Gasteiger partial charge is 0.123 e. The van der Waals surface area contributed by atoms with E-state index >= 15 is 0 Å². The summed E-state index contributed by atoms with van der Waals surface area (Å²) in [6, 6.07) is 6.68. The van der Waals surface area contributed by atoms with Crippen molar-refractivity contribution >= 4 is 5.69 Å². The van der Waals surface area contributed by atoms with E-state index in [2.05, 4.69) is 18.7 Å². The Hall–Kier alpha value is -1.22. The predicted molar refractivity (Wildman–Crippen MR) is 80.3 cm³/mol. The second kappa shape index (κ2) is 6.29. The number of anilines is 1. The number of hydrogen-bond donors (Lipinski definition) is 1. The number of rotatable bonds is 7. The zero-order chi connectivity index (χ0) is 13.8. The van der Waals surface area contributed by atoms with Crippen molar-refractivity contribution < 1.29 is 4.74 Å². The molecule has 1 aliphatic rings. The molecule has 0 bridgehead atoms. The van der Waals surface area contributed by atoms with Gasteiger partial charge in [0.05, 0.1) is 7.11 Å². The number of ether oxygens (including phenoxy) is 1. The molecule has 1 saturated carbocycles. The van der Waals surface area contributed by atoms with Gasteiger partial charge in [0.2, 0.25) is 0 Å². The highest BCUT2D eigenvalue weighted by Crippen LogP contribution is 2.31. The molecule has 2 N–H and O–H groups in total. The third kappa shape index (κ3) is 4.13. The summed E-state index contributed by atoms with van der Waals surface area (Å²) in [5.41, 5.74) is 7.92. The third-order valence-electron chi connectivity index (χ3n) is 3.73. The SMILES string of the molecule is COc1ccc(N)cc1CN(CCC(C)C)C1CC1. The maximum Gasteiger partial charge on any atom is 0.123 e. The van der Waals surface area contributed by atoms with Crippen molar-refractivity contribution in [2.24, 2.45) is 5.92 Å². The topological polar surface area (TPSA) is 38.5 Å². The van der Waals surface area contributed by atoms with E-state index in [1.54, 1.807) is 7.11 Å². The third-order valence-corrected chi connectivity index (χ3v) is 3.73. The molecule has 0 saturated heterocycles. The molecule has 0 amide bonds. The minimum Gasteiger partial charge on any atom is -0.496 e. The minimum atomic E-state index is 0.754. The van der Waals surface area contributed by atoms with Crippen molar-refractivity contribution in [1.29, 1.82) is 0 Å². The van der Waals surface area contributed by atoms with Gasteiger partial charge in [-0.15, -0.1) is 0 Å². The van der Waals surface area contributed by atoms with Gasteiger partial charge in [0.25, 0.3) is 0 Å². The molecule has 0 unspecified atom stereocenters. The van der Waals surface area contributed by atoms with Gasteiger partial charge in [-0.1, -0.05) is 13.8 Å². The first-order valence-corrected chi connectivity index (χ1v) is 7.26. The van der Waals surface area contributed by atoms with E-state index in [4.69, 9.17) is 10.5 Å². The lowest BCUT2D eigenvalue weighted by Crippen LogP contribution is -2.27. The second-order valence-electron chi connectivity index (χ2n) is 5.96. The Labute approximate surface area is 116 Å². The lowest BCUT2D eigenvalue weighted by Gasteiger charge is -2.24. The fourth-order valence-corrected chi connectivity index (χ4v) is 2.40.